The van der Waals surface area contributed by atoms with E-state index < -0.39 is 11.7 Å². The first-order valence-electron chi connectivity index (χ1n) is 5.88. The number of ketones is 1. The third kappa shape index (κ3) is 2.86. The molecule has 2 nitrogen and oxygen atoms in total. The molecule has 0 heterocycles. The van der Waals surface area contributed by atoms with Crippen LogP contribution in [-0.2, 0) is 0 Å². The SMILES string of the molecule is Cc1ccc(C(=O)C(C#N)c2cccc(F)c2)cc1. The van der Waals surface area contributed by atoms with E-state index in [1.807, 2.05) is 25.1 Å². The lowest BCUT2D eigenvalue weighted by molar-refractivity contribution is 0.0979. The number of hydrogen-bond donors (Lipinski definition) is 0. The zero-order valence-corrected chi connectivity index (χ0v) is 10.4. The minimum atomic E-state index is -0.974. The number of aryl methyl sites for hydroxylation is 1. The Bertz CT molecular complexity index is 641. The van der Waals surface area contributed by atoms with Gasteiger partial charge in [0.15, 0.2) is 5.78 Å². The van der Waals surface area contributed by atoms with E-state index in [0.717, 1.165) is 5.56 Å². The summed E-state index contributed by atoms with van der Waals surface area (Å²) in [6.07, 6.45) is 0. The van der Waals surface area contributed by atoms with Crippen molar-refractivity contribution in [1.82, 2.24) is 0 Å². The normalized spacial score (nSPS) is 11.6. The highest BCUT2D eigenvalue weighted by molar-refractivity contribution is 6.02. The highest BCUT2D eigenvalue weighted by Crippen LogP contribution is 2.21. The summed E-state index contributed by atoms with van der Waals surface area (Å²) in [6.45, 7) is 1.92. The first-order chi connectivity index (χ1) is 9.11. The summed E-state index contributed by atoms with van der Waals surface area (Å²) in [6, 6.07) is 14.5. The number of hydrogen-bond acceptors (Lipinski definition) is 2. The molecular weight excluding hydrogens is 241 g/mol. The highest BCUT2D eigenvalue weighted by Gasteiger charge is 2.21. The van der Waals surface area contributed by atoms with E-state index in [0.29, 0.717) is 11.1 Å². The smallest absolute Gasteiger partial charge is 0.184 e. The zero-order valence-electron chi connectivity index (χ0n) is 10.4. The summed E-state index contributed by atoms with van der Waals surface area (Å²) >= 11 is 0. The van der Waals surface area contributed by atoms with Gasteiger partial charge in [0, 0.05) is 5.56 Å². The molecule has 0 bridgehead atoms. The molecule has 2 aromatic carbocycles. The summed E-state index contributed by atoms with van der Waals surface area (Å²) in [5.41, 5.74) is 1.88. The van der Waals surface area contributed by atoms with Crippen molar-refractivity contribution in [3.63, 3.8) is 0 Å². The van der Waals surface area contributed by atoms with Crippen molar-refractivity contribution < 1.29 is 9.18 Å². The number of Topliss-reactive ketones (excluding diaryl/α,β-unsaturated/α-hetero) is 1. The van der Waals surface area contributed by atoms with E-state index in [1.165, 1.54) is 18.2 Å². The van der Waals surface area contributed by atoms with Gasteiger partial charge in [-0.05, 0) is 24.6 Å². The quantitative estimate of drug-likeness (QED) is 0.784. The van der Waals surface area contributed by atoms with E-state index in [1.54, 1.807) is 18.2 Å². The van der Waals surface area contributed by atoms with Crippen LogP contribution in [-0.4, -0.2) is 5.78 Å². The Morgan fingerprint density at radius 1 is 1.21 bits per heavy atom. The number of rotatable bonds is 3. The largest absolute Gasteiger partial charge is 0.292 e. The Morgan fingerprint density at radius 3 is 2.47 bits per heavy atom. The van der Waals surface area contributed by atoms with Crippen molar-refractivity contribution in [3.8, 4) is 6.07 Å². The van der Waals surface area contributed by atoms with Gasteiger partial charge in [0.05, 0.1) is 6.07 Å². The van der Waals surface area contributed by atoms with E-state index in [4.69, 9.17) is 5.26 Å². The Labute approximate surface area is 111 Å². The topological polar surface area (TPSA) is 40.9 Å². The van der Waals surface area contributed by atoms with Crippen LogP contribution in [0.2, 0.25) is 0 Å². The van der Waals surface area contributed by atoms with Gasteiger partial charge in [0.1, 0.15) is 11.7 Å². The fraction of sp³-hybridized carbons (Fsp3) is 0.125. The van der Waals surface area contributed by atoms with Crippen LogP contribution in [0.1, 0.15) is 27.4 Å². The molecule has 0 saturated heterocycles. The van der Waals surface area contributed by atoms with Gasteiger partial charge in [-0.1, -0.05) is 42.0 Å². The molecule has 0 aliphatic carbocycles. The van der Waals surface area contributed by atoms with Crippen LogP contribution in [0.15, 0.2) is 48.5 Å². The van der Waals surface area contributed by atoms with Crippen LogP contribution in [0, 0.1) is 24.1 Å². The van der Waals surface area contributed by atoms with Crippen molar-refractivity contribution in [2.24, 2.45) is 0 Å². The number of halogens is 1. The maximum Gasteiger partial charge on any atom is 0.184 e. The van der Waals surface area contributed by atoms with Crippen molar-refractivity contribution in [1.29, 1.82) is 5.26 Å². The van der Waals surface area contributed by atoms with Gasteiger partial charge in [-0.15, -0.1) is 0 Å². The van der Waals surface area contributed by atoms with Crippen molar-refractivity contribution >= 4 is 5.78 Å². The number of nitrogens with zero attached hydrogens (tertiary/aromatic N) is 1. The van der Waals surface area contributed by atoms with Gasteiger partial charge in [0.2, 0.25) is 0 Å². The monoisotopic (exact) mass is 253 g/mol. The Morgan fingerprint density at radius 2 is 1.89 bits per heavy atom. The molecule has 0 saturated carbocycles. The van der Waals surface area contributed by atoms with E-state index in [9.17, 15) is 9.18 Å². The maximum atomic E-state index is 13.2. The van der Waals surface area contributed by atoms with E-state index >= 15 is 0 Å². The average molecular weight is 253 g/mol. The molecule has 0 spiro atoms. The Balaban J connectivity index is 2.35. The van der Waals surface area contributed by atoms with Crippen molar-refractivity contribution in [2.75, 3.05) is 0 Å². The number of carbonyl (C=O) groups excluding carboxylic acids is 1. The standard InChI is InChI=1S/C16H12FNO/c1-11-5-7-12(8-6-11)16(19)15(10-18)13-3-2-4-14(17)9-13/h2-9,15H,1H3. The molecule has 0 fully saturated rings. The summed E-state index contributed by atoms with van der Waals surface area (Å²) in [7, 11) is 0. The third-order valence-electron chi connectivity index (χ3n) is 2.91. The van der Waals surface area contributed by atoms with E-state index in [2.05, 4.69) is 0 Å². The molecule has 2 rings (SSSR count). The van der Waals surface area contributed by atoms with Crippen LogP contribution in [0.25, 0.3) is 0 Å². The van der Waals surface area contributed by atoms with Crippen LogP contribution >= 0.6 is 0 Å². The fourth-order valence-electron chi connectivity index (χ4n) is 1.86. The molecule has 0 aromatic heterocycles. The third-order valence-corrected chi connectivity index (χ3v) is 2.91. The van der Waals surface area contributed by atoms with Gasteiger partial charge >= 0.3 is 0 Å². The van der Waals surface area contributed by atoms with Gasteiger partial charge in [-0.3, -0.25) is 4.79 Å². The molecule has 0 aliphatic rings. The predicted octanol–water partition coefficient (Wildman–Crippen LogP) is 3.62. The zero-order chi connectivity index (χ0) is 13.8. The van der Waals surface area contributed by atoms with Gasteiger partial charge in [0.25, 0.3) is 0 Å². The van der Waals surface area contributed by atoms with Crippen molar-refractivity contribution in [2.45, 2.75) is 12.8 Å². The molecule has 0 radical (unpaired) electrons. The molecule has 0 aliphatic heterocycles. The molecule has 2 aromatic rings. The van der Waals surface area contributed by atoms with Crippen LogP contribution < -0.4 is 0 Å². The van der Waals surface area contributed by atoms with E-state index in [-0.39, 0.29) is 5.78 Å². The van der Waals surface area contributed by atoms with Gasteiger partial charge in [-0.25, -0.2) is 4.39 Å². The Kier molecular flexibility index (Phi) is 3.72. The minimum Gasteiger partial charge on any atom is -0.292 e. The molecule has 0 amide bonds. The first kappa shape index (κ1) is 13.0. The lowest BCUT2D eigenvalue weighted by atomic mass is 9.91. The predicted molar refractivity (Wildman–Crippen MR) is 70.3 cm³/mol. The highest BCUT2D eigenvalue weighted by atomic mass is 19.1. The lowest BCUT2D eigenvalue weighted by Crippen LogP contribution is -2.11. The summed E-state index contributed by atoms with van der Waals surface area (Å²) in [4.78, 5) is 12.3. The second-order valence-corrected chi connectivity index (χ2v) is 4.35. The van der Waals surface area contributed by atoms with Gasteiger partial charge < -0.3 is 0 Å². The second-order valence-electron chi connectivity index (χ2n) is 4.35. The first-order valence-corrected chi connectivity index (χ1v) is 5.88. The van der Waals surface area contributed by atoms with Crippen LogP contribution in [0.5, 0.6) is 0 Å². The molecule has 19 heavy (non-hydrogen) atoms. The Hall–Kier alpha value is -2.47. The average Bonchev–Trinajstić information content (AvgIpc) is 2.40. The summed E-state index contributed by atoms with van der Waals surface area (Å²) in [5, 5.41) is 9.16. The molecule has 1 atom stereocenters. The van der Waals surface area contributed by atoms with Crippen LogP contribution in [0.4, 0.5) is 4.39 Å². The number of nitriles is 1. The molecular formula is C16H12FNO. The molecule has 94 valence electrons. The minimum absolute atomic E-state index is 0.312. The number of carbonyl (C=O) groups is 1. The van der Waals surface area contributed by atoms with Crippen LogP contribution in [0.3, 0.4) is 0 Å². The van der Waals surface area contributed by atoms with Crippen molar-refractivity contribution in [3.05, 3.63) is 71.0 Å². The second kappa shape index (κ2) is 5.45. The number of benzene rings is 2. The summed E-state index contributed by atoms with van der Waals surface area (Å²) < 4.78 is 13.2. The summed E-state index contributed by atoms with van der Waals surface area (Å²) in [5.74, 6) is -1.74. The molecule has 1 unspecified atom stereocenters. The lowest BCUT2D eigenvalue weighted by Gasteiger charge is -2.09. The maximum absolute atomic E-state index is 13.2. The van der Waals surface area contributed by atoms with Gasteiger partial charge in [-0.2, -0.15) is 5.26 Å². The molecule has 3 heteroatoms. The molecule has 0 N–H and O–H groups in total. The fourth-order valence-corrected chi connectivity index (χ4v) is 1.86.